The van der Waals surface area contributed by atoms with Gasteiger partial charge in [-0.25, -0.2) is 13.2 Å². The molecule has 0 saturated carbocycles. The predicted octanol–water partition coefficient (Wildman–Crippen LogP) is 0.136. The molecule has 3 N–H and O–H groups in total. The second-order valence-electron chi connectivity index (χ2n) is 3.15. The van der Waals surface area contributed by atoms with Crippen molar-refractivity contribution in [1.82, 2.24) is 0 Å². The Morgan fingerprint density at radius 1 is 1.50 bits per heavy atom. The molecule has 0 fully saturated rings. The molecule has 16 heavy (non-hydrogen) atoms. The molecule has 0 spiro atoms. The number of benzene rings is 1. The van der Waals surface area contributed by atoms with Crippen LogP contribution >= 0.6 is 0 Å². The Labute approximate surface area is 92.6 Å². The van der Waals surface area contributed by atoms with E-state index in [9.17, 15) is 13.2 Å². The third-order valence-corrected chi connectivity index (χ3v) is 2.87. The van der Waals surface area contributed by atoms with E-state index in [4.69, 9.17) is 15.6 Å². The van der Waals surface area contributed by atoms with Gasteiger partial charge in [0.05, 0.1) is 10.6 Å². The van der Waals surface area contributed by atoms with Crippen molar-refractivity contribution >= 4 is 21.5 Å². The van der Waals surface area contributed by atoms with Crippen LogP contribution in [0.15, 0.2) is 23.1 Å². The van der Waals surface area contributed by atoms with Crippen molar-refractivity contribution in [3.63, 3.8) is 0 Å². The first-order valence-electron chi connectivity index (χ1n) is 4.25. The molecule has 0 heterocycles. The van der Waals surface area contributed by atoms with Crippen molar-refractivity contribution in [2.24, 2.45) is 0 Å². The van der Waals surface area contributed by atoms with E-state index in [-0.39, 0.29) is 16.3 Å². The molecule has 0 aliphatic carbocycles. The van der Waals surface area contributed by atoms with Gasteiger partial charge in [-0.05, 0) is 18.2 Å². The van der Waals surface area contributed by atoms with Crippen LogP contribution in [0.2, 0.25) is 0 Å². The minimum atomic E-state index is -3.33. The first-order valence-corrected chi connectivity index (χ1v) is 6.14. The highest BCUT2D eigenvalue weighted by Crippen LogP contribution is 2.24. The third-order valence-electron chi connectivity index (χ3n) is 1.76. The van der Waals surface area contributed by atoms with Crippen molar-refractivity contribution in [2.75, 3.05) is 18.6 Å². The summed E-state index contributed by atoms with van der Waals surface area (Å²) in [4.78, 5) is 10.3. The lowest BCUT2D eigenvalue weighted by Crippen LogP contribution is -2.10. The normalized spacial score (nSPS) is 11.1. The zero-order chi connectivity index (χ0) is 12.3. The summed E-state index contributed by atoms with van der Waals surface area (Å²) < 4.78 is 27.2. The smallest absolute Gasteiger partial charge is 0.341 e. The summed E-state index contributed by atoms with van der Waals surface area (Å²) in [6.45, 7) is -0.525. The molecule has 0 aliphatic heterocycles. The van der Waals surface area contributed by atoms with Gasteiger partial charge in [0.15, 0.2) is 16.4 Å². The highest BCUT2D eigenvalue weighted by Gasteiger charge is 2.10. The summed E-state index contributed by atoms with van der Waals surface area (Å²) in [6.07, 6.45) is 1.06. The van der Waals surface area contributed by atoms with Gasteiger partial charge < -0.3 is 15.6 Å². The van der Waals surface area contributed by atoms with Crippen LogP contribution in [0, 0.1) is 0 Å². The standard InChI is InChI=1S/C9H11NO5S/c1-16(13,14)6-2-3-8(7(10)4-6)15-5-9(11)12/h2-4H,5,10H2,1H3,(H,11,12). The van der Waals surface area contributed by atoms with E-state index < -0.39 is 22.4 Å². The Balaban J connectivity index is 2.96. The quantitative estimate of drug-likeness (QED) is 0.730. The van der Waals surface area contributed by atoms with Gasteiger partial charge in [-0.2, -0.15) is 0 Å². The molecule has 0 radical (unpaired) electrons. The number of carbonyl (C=O) groups is 1. The van der Waals surface area contributed by atoms with Crippen LogP contribution in [0.25, 0.3) is 0 Å². The van der Waals surface area contributed by atoms with Gasteiger partial charge in [0, 0.05) is 6.26 Å². The maximum atomic E-state index is 11.2. The summed E-state index contributed by atoms with van der Waals surface area (Å²) in [5, 5.41) is 8.39. The molecule has 7 heteroatoms. The molecular weight excluding hydrogens is 234 g/mol. The number of nitrogen functional groups attached to an aromatic ring is 1. The lowest BCUT2D eigenvalue weighted by molar-refractivity contribution is -0.139. The first kappa shape index (κ1) is 12.3. The maximum absolute atomic E-state index is 11.2. The fourth-order valence-corrected chi connectivity index (χ4v) is 1.68. The summed E-state index contributed by atoms with van der Waals surface area (Å²) in [5.74, 6) is -0.985. The van der Waals surface area contributed by atoms with Gasteiger partial charge >= 0.3 is 5.97 Å². The summed E-state index contributed by atoms with van der Waals surface area (Å²) in [6, 6.07) is 3.87. The van der Waals surface area contributed by atoms with E-state index in [1.807, 2.05) is 0 Å². The Morgan fingerprint density at radius 2 is 2.12 bits per heavy atom. The molecule has 0 unspecified atom stereocenters. The molecule has 1 aromatic carbocycles. The molecule has 6 nitrogen and oxygen atoms in total. The first-order chi connectivity index (χ1) is 7.30. The highest BCUT2D eigenvalue weighted by atomic mass is 32.2. The van der Waals surface area contributed by atoms with Crippen LogP contribution in [0.5, 0.6) is 5.75 Å². The van der Waals surface area contributed by atoms with Crippen molar-refractivity contribution in [1.29, 1.82) is 0 Å². The number of rotatable bonds is 4. The third kappa shape index (κ3) is 3.13. The Morgan fingerprint density at radius 3 is 2.56 bits per heavy atom. The molecule has 0 bridgehead atoms. The van der Waals surface area contributed by atoms with Crippen molar-refractivity contribution in [2.45, 2.75) is 4.90 Å². The van der Waals surface area contributed by atoms with E-state index in [0.29, 0.717) is 0 Å². The molecule has 1 aromatic rings. The molecule has 1 rings (SSSR count). The number of carboxylic acids is 1. The monoisotopic (exact) mass is 245 g/mol. The average molecular weight is 245 g/mol. The van der Waals surface area contributed by atoms with Crippen LogP contribution < -0.4 is 10.5 Å². The summed E-state index contributed by atoms with van der Waals surface area (Å²) in [7, 11) is -3.33. The zero-order valence-electron chi connectivity index (χ0n) is 8.50. The van der Waals surface area contributed by atoms with Crippen molar-refractivity contribution in [3.05, 3.63) is 18.2 Å². The lowest BCUT2D eigenvalue weighted by atomic mass is 10.3. The Hall–Kier alpha value is -1.76. The van der Waals surface area contributed by atoms with Crippen LogP contribution in [0.3, 0.4) is 0 Å². The van der Waals surface area contributed by atoms with E-state index in [2.05, 4.69) is 0 Å². The lowest BCUT2D eigenvalue weighted by Gasteiger charge is -2.07. The number of sulfone groups is 1. The SMILES string of the molecule is CS(=O)(=O)c1ccc(OCC(=O)O)c(N)c1. The van der Waals surface area contributed by atoms with E-state index in [1.54, 1.807) is 0 Å². The van der Waals surface area contributed by atoms with E-state index in [1.165, 1.54) is 18.2 Å². The molecular formula is C9H11NO5S. The van der Waals surface area contributed by atoms with Crippen molar-refractivity contribution in [3.8, 4) is 5.75 Å². The van der Waals surface area contributed by atoms with Crippen LogP contribution in [0.4, 0.5) is 5.69 Å². The molecule has 0 saturated heterocycles. The Bertz CT molecular complexity index is 509. The van der Waals surface area contributed by atoms with Crippen LogP contribution in [-0.2, 0) is 14.6 Å². The van der Waals surface area contributed by atoms with Gasteiger partial charge in [0.2, 0.25) is 0 Å². The van der Waals surface area contributed by atoms with Gasteiger partial charge in [-0.15, -0.1) is 0 Å². The Kier molecular flexibility index (Phi) is 3.38. The van der Waals surface area contributed by atoms with E-state index >= 15 is 0 Å². The fraction of sp³-hybridized carbons (Fsp3) is 0.222. The number of hydrogen-bond acceptors (Lipinski definition) is 5. The molecule has 0 aliphatic rings. The molecule has 88 valence electrons. The van der Waals surface area contributed by atoms with Gasteiger partial charge in [-0.1, -0.05) is 0 Å². The summed E-state index contributed by atoms with van der Waals surface area (Å²) >= 11 is 0. The number of nitrogens with two attached hydrogens (primary N) is 1. The van der Waals surface area contributed by atoms with Gasteiger partial charge in [0.25, 0.3) is 0 Å². The maximum Gasteiger partial charge on any atom is 0.341 e. The minimum absolute atomic E-state index is 0.0627. The molecule has 0 aromatic heterocycles. The minimum Gasteiger partial charge on any atom is -0.480 e. The highest BCUT2D eigenvalue weighted by molar-refractivity contribution is 7.90. The fourth-order valence-electron chi connectivity index (χ4n) is 1.03. The number of ether oxygens (including phenoxy) is 1. The number of carboxylic acid groups (broad SMARTS) is 1. The van der Waals surface area contributed by atoms with Gasteiger partial charge in [0.1, 0.15) is 5.75 Å². The molecule has 0 amide bonds. The second kappa shape index (κ2) is 4.40. The van der Waals surface area contributed by atoms with E-state index in [0.717, 1.165) is 6.26 Å². The van der Waals surface area contributed by atoms with Crippen LogP contribution in [-0.4, -0.2) is 32.4 Å². The molecule has 0 atom stereocenters. The number of aliphatic carboxylic acids is 1. The average Bonchev–Trinajstić information content (AvgIpc) is 2.14. The van der Waals surface area contributed by atoms with Crippen molar-refractivity contribution < 1.29 is 23.1 Å². The largest absolute Gasteiger partial charge is 0.480 e. The predicted molar refractivity (Wildman–Crippen MR) is 57.1 cm³/mol. The number of anilines is 1. The summed E-state index contributed by atoms with van der Waals surface area (Å²) in [5.41, 5.74) is 5.61. The topological polar surface area (TPSA) is 107 Å². The van der Waals surface area contributed by atoms with Gasteiger partial charge in [-0.3, -0.25) is 0 Å². The zero-order valence-corrected chi connectivity index (χ0v) is 9.32. The number of hydrogen-bond donors (Lipinski definition) is 2. The second-order valence-corrected chi connectivity index (χ2v) is 5.17. The van der Waals surface area contributed by atoms with Crippen LogP contribution in [0.1, 0.15) is 0 Å².